The van der Waals surface area contributed by atoms with Gasteiger partial charge in [0, 0.05) is 5.56 Å². The molecule has 112 valence electrons. The van der Waals surface area contributed by atoms with Gasteiger partial charge in [-0.05, 0) is 24.8 Å². The van der Waals surface area contributed by atoms with E-state index in [1.807, 2.05) is 6.07 Å². The maximum absolute atomic E-state index is 11.6. The molecule has 0 bridgehead atoms. The monoisotopic (exact) mass is 327 g/mol. The molecule has 1 aliphatic rings. The van der Waals surface area contributed by atoms with Crippen LogP contribution in [-0.2, 0) is 9.84 Å². The molecule has 1 aliphatic heterocycles. The van der Waals surface area contributed by atoms with Crippen LogP contribution in [-0.4, -0.2) is 42.0 Å². The molecule has 0 spiro atoms. The van der Waals surface area contributed by atoms with E-state index >= 15 is 0 Å². The second-order valence-corrected chi connectivity index (χ2v) is 7.71. The SMILES string of the molecule is COc1nc2ncnc(Cl)c2cc1C1CCS(=O)(=O)CC1. The Bertz CT molecular complexity index is 781. The molecule has 3 rings (SSSR count). The smallest absolute Gasteiger partial charge is 0.218 e. The third-order valence-corrected chi connectivity index (χ3v) is 5.77. The molecule has 0 aromatic carbocycles. The van der Waals surface area contributed by atoms with Crippen LogP contribution >= 0.6 is 11.6 Å². The van der Waals surface area contributed by atoms with Crippen LogP contribution in [0.25, 0.3) is 11.0 Å². The van der Waals surface area contributed by atoms with Crippen LogP contribution in [0.3, 0.4) is 0 Å². The van der Waals surface area contributed by atoms with Gasteiger partial charge in [-0.15, -0.1) is 0 Å². The molecular weight excluding hydrogens is 314 g/mol. The number of rotatable bonds is 2. The fraction of sp³-hybridized carbons (Fsp3) is 0.462. The van der Waals surface area contributed by atoms with Crippen molar-refractivity contribution in [3.63, 3.8) is 0 Å². The van der Waals surface area contributed by atoms with Crippen molar-refractivity contribution in [2.45, 2.75) is 18.8 Å². The number of ether oxygens (including phenoxy) is 1. The number of halogens is 1. The van der Waals surface area contributed by atoms with E-state index in [0.29, 0.717) is 34.9 Å². The highest BCUT2D eigenvalue weighted by atomic mass is 35.5. The Morgan fingerprint density at radius 3 is 2.67 bits per heavy atom. The Kier molecular flexibility index (Phi) is 3.71. The fourth-order valence-electron chi connectivity index (χ4n) is 2.61. The molecule has 0 atom stereocenters. The normalized spacial score (nSPS) is 18.8. The lowest BCUT2D eigenvalue weighted by Gasteiger charge is -2.23. The second-order valence-electron chi connectivity index (χ2n) is 5.05. The number of pyridine rings is 1. The Hall–Kier alpha value is -1.47. The van der Waals surface area contributed by atoms with Gasteiger partial charge < -0.3 is 4.74 Å². The number of fused-ring (bicyclic) bond motifs is 1. The van der Waals surface area contributed by atoms with Crippen LogP contribution in [0.1, 0.15) is 24.3 Å². The average molecular weight is 328 g/mol. The summed E-state index contributed by atoms with van der Waals surface area (Å²) < 4.78 is 28.5. The van der Waals surface area contributed by atoms with Gasteiger partial charge in [0.05, 0.1) is 24.0 Å². The van der Waals surface area contributed by atoms with Gasteiger partial charge in [0.25, 0.3) is 0 Å². The maximum Gasteiger partial charge on any atom is 0.218 e. The van der Waals surface area contributed by atoms with Crippen LogP contribution in [0.4, 0.5) is 0 Å². The van der Waals surface area contributed by atoms with Crippen molar-refractivity contribution in [2.75, 3.05) is 18.6 Å². The standard InChI is InChI=1S/C13H14ClN3O3S/c1-20-13-9(8-2-4-21(18,19)5-3-8)6-10-11(14)15-7-16-12(10)17-13/h6-8H,2-5H2,1H3. The largest absolute Gasteiger partial charge is 0.481 e. The number of methoxy groups -OCH3 is 1. The summed E-state index contributed by atoms with van der Waals surface area (Å²) in [6.07, 6.45) is 2.48. The molecule has 1 saturated heterocycles. The number of hydrogen-bond donors (Lipinski definition) is 0. The number of aromatic nitrogens is 3. The third kappa shape index (κ3) is 2.80. The van der Waals surface area contributed by atoms with Crippen molar-refractivity contribution in [3.8, 4) is 5.88 Å². The third-order valence-electron chi connectivity index (χ3n) is 3.76. The Balaban J connectivity index is 2.07. The highest BCUT2D eigenvalue weighted by Crippen LogP contribution is 2.36. The van der Waals surface area contributed by atoms with Crippen molar-refractivity contribution in [2.24, 2.45) is 0 Å². The van der Waals surface area contributed by atoms with E-state index in [9.17, 15) is 8.42 Å². The van der Waals surface area contributed by atoms with E-state index in [4.69, 9.17) is 16.3 Å². The minimum atomic E-state index is -2.91. The van der Waals surface area contributed by atoms with Crippen molar-refractivity contribution >= 4 is 32.5 Å². The van der Waals surface area contributed by atoms with E-state index in [0.717, 1.165) is 5.56 Å². The van der Waals surface area contributed by atoms with Crippen LogP contribution in [0.5, 0.6) is 5.88 Å². The van der Waals surface area contributed by atoms with Gasteiger partial charge in [-0.3, -0.25) is 0 Å². The molecule has 3 heterocycles. The molecule has 0 N–H and O–H groups in total. The highest BCUT2D eigenvalue weighted by molar-refractivity contribution is 7.91. The van der Waals surface area contributed by atoms with Crippen molar-refractivity contribution < 1.29 is 13.2 Å². The van der Waals surface area contributed by atoms with E-state index in [-0.39, 0.29) is 17.4 Å². The number of nitrogens with zero attached hydrogens (tertiary/aromatic N) is 3. The summed E-state index contributed by atoms with van der Waals surface area (Å²) in [5, 5.41) is 0.989. The van der Waals surface area contributed by atoms with Gasteiger partial charge in [-0.1, -0.05) is 11.6 Å². The number of hydrogen-bond acceptors (Lipinski definition) is 6. The molecule has 0 radical (unpaired) electrons. The molecule has 0 aliphatic carbocycles. The van der Waals surface area contributed by atoms with E-state index in [1.54, 1.807) is 7.11 Å². The maximum atomic E-state index is 11.6. The summed E-state index contributed by atoms with van der Waals surface area (Å²) >= 11 is 6.08. The first-order chi connectivity index (χ1) is 10.00. The van der Waals surface area contributed by atoms with E-state index in [1.165, 1.54) is 6.33 Å². The molecule has 0 amide bonds. The molecule has 21 heavy (non-hydrogen) atoms. The molecule has 0 unspecified atom stereocenters. The van der Waals surface area contributed by atoms with Gasteiger partial charge in [0.15, 0.2) is 5.65 Å². The quantitative estimate of drug-likeness (QED) is 0.784. The van der Waals surface area contributed by atoms with Gasteiger partial charge >= 0.3 is 0 Å². The van der Waals surface area contributed by atoms with Gasteiger partial charge in [-0.25, -0.2) is 18.4 Å². The first kappa shape index (κ1) is 14.5. The lowest BCUT2D eigenvalue weighted by atomic mass is 9.94. The van der Waals surface area contributed by atoms with Gasteiger partial charge in [-0.2, -0.15) is 4.98 Å². The van der Waals surface area contributed by atoms with Crippen molar-refractivity contribution in [3.05, 3.63) is 23.1 Å². The Morgan fingerprint density at radius 1 is 1.29 bits per heavy atom. The summed E-state index contributed by atoms with van der Waals surface area (Å²) in [5.41, 5.74) is 1.34. The lowest BCUT2D eigenvalue weighted by Crippen LogP contribution is -2.22. The van der Waals surface area contributed by atoms with E-state index in [2.05, 4.69) is 15.0 Å². The van der Waals surface area contributed by atoms with E-state index < -0.39 is 9.84 Å². The van der Waals surface area contributed by atoms with Gasteiger partial charge in [0.1, 0.15) is 21.3 Å². The number of sulfone groups is 1. The molecule has 6 nitrogen and oxygen atoms in total. The second kappa shape index (κ2) is 5.38. The molecular formula is C13H14ClN3O3S. The highest BCUT2D eigenvalue weighted by Gasteiger charge is 2.27. The van der Waals surface area contributed by atoms with Crippen LogP contribution < -0.4 is 4.74 Å². The zero-order valence-electron chi connectivity index (χ0n) is 11.4. The van der Waals surface area contributed by atoms with Crippen molar-refractivity contribution in [1.82, 2.24) is 15.0 Å². The predicted octanol–water partition coefficient (Wildman–Crippen LogP) is 1.98. The summed E-state index contributed by atoms with van der Waals surface area (Å²) in [4.78, 5) is 12.4. The average Bonchev–Trinajstić information content (AvgIpc) is 2.47. The Morgan fingerprint density at radius 2 is 2.00 bits per heavy atom. The topological polar surface area (TPSA) is 82.0 Å². The summed E-state index contributed by atoms with van der Waals surface area (Å²) in [7, 11) is -1.36. The molecule has 2 aromatic rings. The molecule has 0 saturated carbocycles. The first-order valence-electron chi connectivity index (χ1n) is 6.56. The Labute approximate surface area is 127 Å². The minimum absolute atomic E-state index is 0.0941. The summed E-state index contributed by atoms with van der Waals surface area (Å²) in [6.45, 7) is 0. The summed E-state index contributed by atoms with van der Waals surface area (Å²) in [5.74, 6) is 0.952. The van der Waals surface area contributed by atoms with Crippen LogP contribution in [0.15, 0.2) is 12.4 Å². The van der Waals surface area contributed by atoms with Crippen LogP contribution in [0, 0.1) is 0 Å². The zero-order chi connectivity index (χ0) is 15.0. The minimum Gasteiger partial charge on any atom is -0.481 e. The fourth-order valence-corrected chi connectivity index (χ4v) is 4.29. The molecule has 8 heteroatoms. The lowest BCUT2D eigenvalue weighted by molar-refractivity contribution is 0.387. The molecule has 2 aromatic heterocycles. The van der Waals surface area contributed by atoms with Gasteiger partial charge in [0.2, 0.25) is 5.88 Å². The molecule has 1 fully saturated rings. The first-order valence-corrected chi connectivity index (χ1v) is 8.75. The van der Waals surface area contributed by atoms with Crippen LogP contribution in [0.2, 0.25) is 5.15 Å². The predicted molar refractivity (Wildman–Crippen MR) is 79.5 cm³/mol. The zero-order valence-corrected chi connectivity index (χ0v) is 13.0. The summed E-state index contributed by atoms with van der Waals surface area (Å²) in [6, 6.07) is 1.87. The van der Waals surface area contributed by atoms with Crippen molar-refractivity contribution in [1.29, 1.82) is 0 Å².